The van der Waals surface area contributed by atoms with E-state index in [-0.39, 0.29) is 5.82 Å². The van der Waals surface area contributed by atoms with Crippen LogP contribution in [0.25, 0.3) is 11.3 Å². The lowest BCUT2D eigenvalue weighted by Crippen LogP contribution is -2.14. The maximum absolute atomic E-state index is 13.2. The number of hydrogen-bond acceptors (Lipinski definition) is 4. The van der Waals surface area contributed by atoms with Gasteiger partial charge in [-0.25, -0.2) is 4.39 Å². The van der Waals surface area contributed by atoms with E-state index < -0.39 is 0 Å². The standard InChI is InChI=1S/C12H12FN3S/c13-9-3-1-2-8(6-9)12-11(17-16-15-12)7-14-10-4-5-10/h1-3,6,10,14H,4-5,7H2. The van der Waals surface area contributed by atoms with Crippen molar-refractivity contribution in [3.63, 3.8) is 0 Å². The normalized spacial score (nSPS) is 15.1. The maximum atomic E-state index is 13.2. The van der Waals surface area contributed by atoms with Crippen LogP contribution in [-0.4, -0.2) is 15.6 Å². The maximum Gasteiger partial charge on any atom is 0.123 e. The fraction of sp³-hybridized carbons (Fsp3) is 0.333. The van der Waals surface area contributed by atoms with Crippen LogP contribution < -0.4 is 5.32 Å². The van der Waals surface area contributed by atoms with Gasteiger partial charge in [0, 0.05) is 18.2 Å². The highest BCUT2D eigenvalue weighted by atomic mass is 32.1. The molecule has 0 radical (unpaired) electrons. The van der Waals surface area contributed by atoms with E-state index in [0.717, 1.165) is 22.7 Å². The number of nitrogens with one attached hydrogen (secondary N) is 1. The molecule has 3 nitrogen and oxygen atoms in total. The summed E-state index contributed by atoms with van der Waals surface area (Å²) in [5.74, 6) is -0.239. The summed E-state index contributed by atoms with van der Waals surface area (Å²) in [6, 6.07) is 7.14. The van der Waals surface area contributed by atoms with Crippen molar-refractivity contribution >= 4 is 11.5 Å². The highest BCUT2D eigenvalue weighted by molar-refractivity contribution is 7.05. The topological polar surface area (TPSA) is 37.8 Å². The average molecular weight is 249 g/mol. The Morgan fingerprint density at radius 1 is 1.41 bits per heavy atom. The van der Waals surface area contributed by atoms with Crippen molar-refractivity contribution in [3.8, 4) is 11.3 Å². The molecule has 0 unspecified atom stereocenters. The Balaban J connectivity index is 1.83. The van der Waals surface area contributed by atoms with Crippen molar-refractivity contribution < 1.29 is 4.39 Å². The summed E-state index contributed by atoms with van der Waals surface area (Å²) >= 11 is 1.37. The summed E-state index contributed by atoms with van der Waals surface area (Å²) in [5, 5.41) is 7.51. The molecule has 0 spiro atoms. The fourth-order valence-electron chi connectivity index (χ4n) is 1.70. The first kappa shape index (κ1) is 10.8. The summed E-state index contributed by atoms with van der Waals surface area (Å²) < 4.78 is 17.1. The second-order valence-corrected chi connectivity index (χ2v) is 5.05. The highest BCUT2D eigenvalue weighted by Crippen LogP contribution is 2.26. The van der Waals surface area contributed by atoms with Crippen molar-refractivity contribution in [1.82, 2.24) is 14.9 Å². The molecule has 88 valence electrons. The minimum Gasteiger partial charge on any atom is -0.309 e. The minimum atomic E-state index is -0.239. The van der Waals surface area contributed by atoms with Gasteiger partial charge in [-0.05, 0) is 36.5 Å². The van der Waals surface area contributed by atoms with Gasteiger partial charge in [-0.2, -0.15) is 0 Å². The van der Waals surface area contributed by atoms with Gasteiger partial charge >= 0.3 is 0 Å². The van der Waals surface area contributed by atoms with Gasteiger partial charge in [0.25, 0.3) is 0 Å². The predicted molar refractivity (Wildman–Crippen MR) is 65.2 cm³/mol. The van der Waals surface area contributed by atoms with E-state index in [1.54, 1.807) is 6.07 Å². The van der Waals surface area contributed by atoms with Crippen LogP contribution >= 0.6 is 11.5 Å². The molecule has 0 saturated heterocycles. The van der Waals surface area contributed by atoms with E-state index in [2.05, 4.69) is 14.9 Å². The van der Waals surface area contributed by atoms with Crippen molar-refractivity contribution in [2.75, 3.05) is 0 Å². The third-order valence-corrected chi connectivity index (χ3v) is 3.50. The molecule has 0 amide bonds. The van der Waals surface area contributed by atoms with Crippen molar-refractivity contribution in [1.29, 1.82) is 0 Å². The Kier molecular flexibility index (Phi) is 2.86. The van der Waals surface area contributed by atoms with Gasteiger partial charge in [0.05, 0.1) is 4.88 Å². The molecule has 1 heterocycles. The smallest absolute Gasteiger partial charge is 0.123 e. The molecule has 5 heteroatoms. The fourth-order valence-corrected chi connectivity index (χ4v) is 2.32. The van der Waals surface area contributed by atoms with Gasteiger partial charge in [-0.3, -0.25) is 0 Å². The lowest BCUT2D eigenvalue weighted by molar-refractivity contribution is 0.628. The van der Waals surface area contributed by atoms with Crippen LogP contribution in [0.3, 0.4) is 0 Å². The summed E-state index contributed by atoms with van der Waals surface area (Å²) in [4.78, 5) is 1.07. The van der Waals surface area contributed by atoms with E-state index in [9.17, 15) is 4.39 Å². The van der Waals surface area contributed by atoms with E-state index in [1.165, 1.54) is 36.5 Å². The summed E-state index contributed by atoms with van der Waals surface area (Å²) in [6.07, 6.45) is 2.50. The molecule has 1 aliphatic carbocycles. The first-order chi connectivity index (χ1) is 8.33. The van der Waals surface area contributed by atoms with Crippen LogP contribution in [0.5, 0.6) is 0 Å². The minimum absolute atomic E-state index is 0.239. The first-order valence-electron chi connectivity index (χ1n) is 5.63. The highest BCUT2D eigenvalue weighted by Gasteiger charge is 2.21. The summed E-state index contributed by atoms with van der Waals surface area (Å²) in [6.45, 7) is 0.772. The van der Waals surface area contributed by atoms with Gasteiger partial charge in [0.15, 0.2) is 0 Å². The molecule has 2 aromatic rings. The number of benzene rings is 1. The van der Waals surface area contributed by atoms with E-state index >= 15 is 0 Å². The van der Waals surface area contributed by atoms with Gasteiger partial charge in [0.1, 0.15) is 11.5 Å². The molecular weight excluding hydrogens is 237 g/mol. The van der Waals surface area contributed by atoms with Crippen LogP contribution in [0.1, 0.15) is 17.7 Å². The zero-order valence-electron chi connectivity index (χ0n) is 9.19. The van der Waals surface area contributed by atoms with Gasteiger partial charge < -0.3 is 5.32 Å². The molecule has 3 rings (SSSR count). The zero-order chi connectivity index (χ0) is 11.7. The predicted octanol–water partition coefficient (Wildman–Crippen LogP) is 2.60. The molecule has 1 N–H and O–H groups in total. The van der Waals surface area contributed by atoms with Gasteiger partial charge in [-0.15, -0.1) is 5.10 Å². The molecule has 1 aromatic heterocycles. The SMILES string of the molecule is Fc1cccc(-c2nnsc2CNC2CC2)c1. The molecule has 1 aromatic carbocycles. The van der Waals surface area contributed by atoms with Crippen molar-refractivity contribution in [2.24, 2.45) is 0 Å². The van der Waals surface area contributed by atoms with Crippen molar-refractivity contribution in [3.05, 3.63) is 35.0 Å². The molecular formula is C12H12FN3S. The molecule has 0 atom stereocenters. The Bertz CT molecular complexity index is 522. The van der Waals surface area contributed by atoms with Gasteiger partial charge in [-0.1, -0.05) is 16.6 Å². The molecule has 0 aliphatic heterocycles. The second-order valence-electron chi connectivity index (χ2n) is 4.21. The Labute approximate surface area is 103 Å². The van der Waals surface area contributed by atoms with Crippen LogP contribution in [-0.2, 0) is 6.54 Å². The Hall–Kier alpha value is -1.33. The largest absolute Gasteiger partial charge is 0.309 e. The molecule has 0 bridgehead atoms. The molecule has 1 fully saturated rings. The zero-order valence-corrected chi connectivity index (χ0v) is 10.0. The molecule has 1 aliphatic rings. The lowest BCUT2D eigenvalue weighted by atomic mass is 10.1. The lowest BCUT2D eigenvalue weighted by Gasteiger charge is -2.02. The number of hydrogen-bond donors (Lipinski definition) is 1. The average Bonchev–Trinajstić information content (AvgIpc) is 3.04. The number of rotatable bonds is 4. The van der Waals surface area contributed by atoms with E-state index in [1.807, 2.05) is 6.07 Å². The van der Waals surface area contributed by atoms with Crippen LogP contribution in [0, 0.1) is 5.82 Å². The van der Waals surface area contributed by atoms with Gasteiger partial charge in [0.2, 0.25) is 0 Å². The monoisotopic (exact) mass is 249 g/mol. The van der Waals surface area contributed by atoms with Crippen LogP contribution in [0.15, 0.2) is 24.3 Å². The third kappa shape index (κ3) is 2.50. The summed E-state index contributed by atoms with van der Waals surface area (Å²) in [7, 11) is 0. The Morgan fingerprint density at radius 3 is 3.06 bits per heavy atom. The van der Waals surface area contributed by atoms with Crippen molar-refractivity contribution in [2.45, 2.75) is 25.4 Å². The second kappa shape index (κ2) is 4.50. The quantitative estimate of drug-likeness (QED) is 0.905. The van der Waals surface area contributed by atoms with Crippen LogP contribution in [0.4, 0.5) is 4.39 Å². The third-order valence-electron chi connectivity index (χ3n) is 2.78. The first-order valence-corrected chi connectivity index (χ1v) is 6.41. The number of halogens is 1. The molecule has 17 heavy (non-hydrogen) atoms. The summed E-state index contributed by atoms with van der Waals surface area (Å²) in [5.41, 5.74) is 1.59. The van der Waals surface area contributed by atoms with E-state index in [0.29, 0.717) is 6.04 Å². The van der Waals surface area contributed by atoms with Crippen LogP contribution in [0.2, 0.25) is 0 Å². The Morgan fingerprint density at radius 2 is 2.29 bits per heavy atom. The molecule has 1 saturated carbocycles. The number of nitrogens with zero attached hydrogens (tertiary/aromatic N) is 2. The number of aromatic nitrogens is 2. The van der Waals surface area contributed by atoms with E-state index in [4.69, 9.17) is 0 Å².